The minimum atomic E-state index is -2.31. The van der Waals surface area contributed by atoms with Crippen molar-refractivity contribution < 1.29 is 8.78 Å². The molecule has 1 aromatic carbocycles. The van der Waals surface area contributed by atoms with E-state index in [9.17, 15) is 8.78 Å². The molecule has 0 radical (unpaired) electrons. The summed E-state index contributed by atoms with van der Waals surface area (Å²) < 4.78 is 24.6. The molecule has 1 unspecified atom stereocenters. The zero-order valence-electron chi connectivity index (χ0n) is 7.50. The Labute approximate surface area is 76.9 Å². The van der Waals surface area contributed by atoms with E-state index in [1.54, 1.807) is 24.3 Å². The third kappa shape index (κ3) is 2.38. The average Bonchev–Trinajstić information content (AvgIpc) is 2.16. The molecule has 1 atom stereocenters. The normalized spacial score (nSPS) is 12.9. The van der Waals surface area contributed by atoms with Crippen LogP contribution in [0.3, 0.4) is 0 Å². The van der Waals surface area contributed by atoms with Gasteiger partial charge in [0.1, 0.15) is 0 Å². The molecular formula is C11H12F2. The summed E-state index contributed by atoms with van der Waals surface area (Å²) in [5, 5.41) is 0. The van der Waals surface area contributed by atoms with Gasteiger partial charge in [0.05, 0.1) is 0 Å². The number of hydrogen-bond donors (Lipinski definition) is 0. The second kappa shape index (κ2) is 4.17. The molecule has 0 aliphatic heterocycles. The molecule has 0 aliphatic rings. The van der Waals surface area contributed by atoms with Gasteiger partial charge in [-0.25, -0.2) is 8.78 Å². The van der Waals surface area contributed by atoms with Crippen molar-refractivity contribution in [2.75, 3.05) is 0 Å². The molecule has 2 heteroatoms. The highest BCUT2D eigenvalue weighted by molar-refractivity contribution is 5.48. The summed E-state index contributed by atoms with van der Waals surface area (Å²) in [5.74, 6) is -0.708. The van der Waals surface area contributed by atoms with Crippen LogP contribution in [-0.4, -0.2) is 6.43 Å². The molecule has 0 saturated heterocycles. The zero-order chi connectivity index (χ0) is 9.84. The number of hydrogen-bond acceptors (Lipinski definition) is 0. The van der Waals surface area contributed by atoms with Gasteiger partial charge in [-0.2, -0.15) is 0 Å². The van der Waals surface area contributed by atoms with Crippen molar-refractivity contribution in [1.29, 1.82) is 0 Å². The molecular weight excluding hydrogens is 170 g/mol. The Morgan fingerprint density at radius 1 is 1.38 bits per heavy atom. The first-order chi connectivity index (χ1) is 6.15. The maximum Gasteiger partial charge on any atom is 0.245 e. The van der Waals surface area contributed by atoms with E-state index in [1.165, 1.54) is 6.92 Å². The Bertz CT molecular complexity index is 292. The molecule has 0 saturated carbocycles. The van der Waals surface area contributed by atoms with Gasteiger partial charge in [-0.05, 0) is 11.1 Å². The summed E-state index contributed by atoms with van der Waals surface area (Å²) in [5.41, 5.74) is 1.54. The van der Waals surface area contributed by atoms with Crippen LogP contribution in [0.4, 0.5) is 8.78 Å². The first-order valence-corrected chi connectivity index (χ1v) is 4.15. The van der Waals surface area contributed by atoms with Crippen LogP contribution >= 0.6 is 0 Å². The average molecular weight is 182 g/mol. The number of rotatable bonds is 3. The van der Waals surface area contributed by atoms with Crippen LogP contribution in [0, 0.1) is 0 Å². The third-order valence-corrected chi connectivity index (χ3v) is 2.05. The van der Waals surface area contributed by atoms with Gasteiger partial charge in [-0.3, -0.25) is 0 Å². The Morgan fingerprint density at radius 2 is 2.08 bits per heavy atom. The van der Waals surface area contributed by atoms with Crippen molar-refractivity contribution in [2.45, 2.75) is 19.3 Å². The molecule has 70 valence electrons. The lowest BCUT2D eigenvalue weighted by molar-refractivity contribution is 0.121. The van der Waals surface area contributed by atoms with Gasteiger partial charge in [0.25, 0.3) is 0 Å². The van der Waals surface area contributed by atoms with Crippen molar-refractivity contribution in [3.63, 3.8) is 0 Å². The molecule has 0 amide bonds. The Hall–Kier alpha value is -1.18. The number of halogens is 2. The Balaban J connectivity index is 2.94. The smallest absolute Gasteiger partial charge is 0.210 e. The standard InChI is InChI=1S/C11H12F2/c1-3-9-5-4-6-10(7-9)8(2)11(12)13/h3-8,11H,1H2,2H3. The van der Waals surface area contributed by atoms with Crippen LogP contribution in [0.1, 0.15) is 24.0 Å². The molecule has 0 N–H and O–H groups in total. The molecule has 0 bridgehead atoms. The SMILES string of the molecule is C=Cc1cccc(C(C)C(F)F)c1. The second-order valence-corrected chi connectivity index (χ2v) is 3.00. The molecule has 1 aromatic rings. The minimum absolute atomic E-state index is 0.660. The van der Waals surface area contributed by atoms with Crippen molar-refractivity contribution in [2.24, 2.45) is 0 Å². The van der Waals surface area contributed by atoms with Crippen LogP contribution < -0.4 is 0 Å². The van der Waals surface area contributed by atoms with E-state index >= 15 is 0 Å². The maximum absolute atomic E-state index is 12.3. The highest BCUT2D eigenvalue weighted by Gasteiger charge is 2.16. The summed E-state index contributed by atoms with van der Waals surface area (Å²) in [6.45, 7) is 5.11. The predicted molar refractivity (Wildman–Crippen MR) is 51.0 cm³/mol. The van der Waals surface area contributed by atoms with E-state index < -0.39 is 12.3 Å². The van der Waals surface area contributed by atoms with Crippen LogP contribution in [-0.2, 0) is 0 Å². The third-order valence-electron chi connectivity index (χ3n) is 2.05. The monoisotopic (exact) mass is 182 g/mol. The molecule has 0 aromatic heterocycles. The summed E-state index contributed by atoms with van der Waals surface area (Å²) >= 11 is 0. The lowest BCUT2D eigenvalue weighted by Crippen LogP contribution is -2.04. The largest absolute Gasteiger partial charge is 0.245 e. The van der Waals surface area contributed by atoms with Crippen molar-refractivity contribution in [3.05, 3.63) is 42.0 Å². The second-order valence-electron chi connectivity index (χ2n) is 3.00. The van der Waals surface area contributed by atoms with Gasteiger partial charge in [0, 0.05) is 5.92 Å². The fourth-order valence-electron chi connectivity index (χ4n) is 1.11. The molecule has 1 rings (SSSR count). The highest BCUT2D eigenvalue weighted by atomic mass is 19.3. The van der Waals surface area contributed by atoms with Gasteiger partial charge in [0.2, 0.25) is 6.43 Å². The van der Waals surface area contributed by atoms with E-state index in [2.05, 4.69) is 6.58 Å². The van der Waals surface area contributed by atoms with Gasteiger partial charge in [-0.15, -0.1) is 0 Å². The first-order valence-electron chi connectivity index (χ1n) is 4.15. The van der Waals surface area contributed by atoms with E-state index in [0.29, 0.717) is 5.56 Å². The van der Waals surface area contributed by atoms with Crippen LogP contribution in [0.15, 0.2) is 30.8 Å². The van der Waals surface area contributed by atoms with Gasteiger partial charge in [-0.1, -0.05) is 43.8 Å². The summed E-state index contributed by atoms with van der Waals surface area (Å²) in [4.78, 5) is 0. The quantitative estimate of drug-likeness (QED) is 0.668. The van der Waals surface area contributed by atoms with Crippen LogP contribution in [0.25, 0.3) is 6.08 Å². The molecule has 0 nitrogen and oxygen atoms in total. The maximum atomic E-state index is 12.3. The minimum Gasteiger partial charge on any atom is -0.210 e. The van der Waals surface area contributed by atoms with Gasteiger partial charge >= 0.3 is 0 Å². The van der Waals surface area contributed by atoms with E-state index in [0.717, 1.165) is 5.56 Å². The van der Waals surface area contributed by atoms with Crippen LogP contribution in [0.2, 0.25) is 0 Å². The predicted octanol–water partition coefficient (Wildman–Crippen LogP) is 3.70. The summed E-state index contributed by atoms with van der Waals surface area (Å²) in [6, 6.07) is 7.06. The molecule has 0 aliphatic carbocycles. The fourth-order valence-corrected chi connectivity index (χ4v) is 1.11. The molecule has 0 fully saturated rings. The van der Waals surface area contributed by atoms with Crippen molar-refractivity contribution in [1.82, 2.24) is 0 Å². The van der Waals surface area contributed by atoms with Gasteiger partial charge < -0.3 is 0 Å². The Kier molecular flexibility index (Phi) is 3.18. The first kappa shape index (κ1) is 9.90. The van der Waals surface area contributed by atoms with E-state index in [-0.39, 0.29) is 0 Å². The highest BCUT2D eigenvalue weighted by Crippen LogP contribution is 2.23. The number of benzene rings is 1. The lowest BCUT2D eigenvalue weighted by atomic mass is 10.00. The van der Waals surface area contributed by atoms with Crippen LogP contribution in [0.5, 0.6) is 0 Å². The number of alkyl halides is 2. The zero-order valence-corrected chi connectivity index (χ0v) is 7.50. The van der Waals surface area contributed by atoms with E-state index in [4.69, 9.17) is 0 Å². The lowest BCUT2D eigenvalue weighted by Gasteiger charge is -2.10. The molecule has 0 heterocycles. The molecule has 13 heavy (non-hydrogen) atoms. The van der Waals surface area contributed by atoms with Crippen molar-refractivity contribution >= 4 is 6.08 Å². The van der Waals surface area contributed by atoms with Gasteiger partial charge in [0.15, 0.2) is 0 Å². The summed E-state index contributed by atoms with van der Waals surface area (Å²) in [7, 11) is 0. The summed E-state index contributed by atoms with van der Waals surface area (Å²) in [6.07, 6.45) is -0.651. The fraction of sp³-hybridized carbons (Fsp3) is 0.273. The Morgan fingerprint density at radius 3 is 2.62 bits per heavy atom. The topological polar surface area (TPSA) is 0 Å². The van der Waals surface area contributed by atoms with E-state index in [1.807, 2.05) is 6.07 Å². The molecule has 0 spiro atoms. The van der Waals surface area contributed by atoms with Crippen molar-refractivity contribution in [3.8, 4) is 0 Å².